The summed E-state index contributed by atoms with van der Waals surface area (Å²) in [6.45, 7) is 2.27. The SMILES string of the molecule is CC1CC(Cc2sccc2Br)c2ccccc2N1. The minimum absolute atomic E-state index is 0.559. The summed E-state index contributed by atoms with van der Waals surface area (Å²) in [6, 6.07) is 11.4. The van der Waals surface area contributed by atoms with E-state index in [2.05, 4.69) is 63.9 Å². The molecule has 0 bridgehead atoms. The Kier molecular flexibility index (Phi) is 3.44. The lowest BCUT2D eigenvalue weighted by Crippen LogP contribution is -2.26. The van der Waals surface area contributed by atoms with Crippen molar-refractivity contribution in [3.63, 3.8) is 0 Å². The minimum Gasteiger partial charge on any atom is -0.382 e. The molecular formula is C15H16BrNS. The van der Waals surface area contributed by atoms with E-state index in [-0.39, 0.29) is 0 Å². The van der Waals surface area contributed by atoms with E-state index < -0.39 is 0 Å². The molecule has 1 N–H and O–H groups in total. The summed E-state index contributed by atoms with van der Waals surface area (Å²) in [5.41, 5.74) is 2.78. The zero-order valence-electron chi connectivity index (χ0n) is 10.3. The Morgan fingerprint density at radius 2 is 2.17 bits per heavy atom. The normalized spacial score (nSPS) is 22.3. The largest absolute Gasteiger partial charge is 0.382 e. The molecule has 0 saturated heterocycles. The third-order valence-corrected chi connectivity index (χ3v) is 5.51. The topological polar surface area (TPSA) is 12.0 Å². The molecule has 2 heterocycles. The number of fused-ring (bicyclic) bond motifs is 1. The molecule has 1 aromatic heterocycles. The minimum atomic E-state index is 0.559. The van der Waals surface area contributed by atoms with Crippen LogP contribution in [0.1, 0.15) is 29.7 Å². The van der Waals surface area contributed by atoms with Gasteiger partial charge in [0.05, 0.1) is 0 Å². The molecule has 1 aliphatic rings. The van der Waals surface area contributed by atoms with E-state index in [1.807, 2.05) is 11.3 Å². The van der Waals surface area contributed by atoms with Gasteiger partial charge >= 0.3 is 0 Å². The summed E-state index contributed by atoms with van der Waals surface area (Å²) in [7, 11) is 0. The van der Waals surface area contributed by atoms with Gasteiger partial charge in [-0.3, -0.25) is 0 Å². The Labute approximate surface area is 120 Å². The first kappa shape index (κ1) is 12.2. The van der Waals surface area contributed by atoms with Gasteiger partial charge in [0.1, 0.15) is 0 Å². The number of halogens is 1. The van der Waals surface area contributed by atoms with Gasteiger partial charge in [0.2, 0.25) is 0 Å². The summed E-state index contributed by atoms with van der Waals surface area (Å²) >= 11 is 5.49. The molecule has 2 unspecified atom stereocenters. The number of benzene rings is 1. The Hall–Kier alpha value is -0.800. The Morgan fingerprint density at radius 1 is 1.33 bits per heavy atom. The van der Waals surface area contributed by atoms with Crippen molar-refractivity contribution < 1.29 is 0 Å². The molecule has 3 rings (SSSR count). The molecule has 1 aliphatic heterocycles. The second-order valence-corrected chi connectivity index (χ2v) is 6.82. The van der Waals surface area contributed by atoms with E-state index in [0.717, 1.165) is 6.42 Å². The second-order valence-electron chi connectivity index (χ2n) is 4.96. The Bertz CT molecular complexity index is 549. The molecule has 0 saturated carbocycles. The summed E-state index contributed by atoms with van der Waals surface area (Å²) in [5.74, 6) is 0.632. The highest BCUT2D eigenvalue weighted by Crippen LogP contribution is 2.38. The molecule has 18 heavy (non-hydrogen) atoms. The van der Waals surface area contributed by atoms with Crippen LogP contribution >= 0.6 is 27.3 Å². The van der Waals surface area contributed by atoms with Gasteiger partial charge in [0, 0.05) is 21.1 Å². The molecule has 1 nitrogen and oxygen atoms in total. The predicted molar refractivity (Wildman–Crippen MR) is 82.6 cm³/mol. The number of hydrogen-bond acceptors (Lipinski definition) is 2. The first-order valence-electron chi connectivity index (χ1n) is 6.31. The summed E-state index contributed by atoms with van der Waals surface area (Å²) in [5, 5.41) is 5.74. The lowest BCUT2D eigenvalue weighted by atomic mass is 9.85. The molecule has 2 atom stereocenters. The fourth-order valence-corrected chi connectivity index (χ4v) is 4.35. The smallest absolute Gasteiger partial charge is 0.0377 e. The van der Waals surface area contributed by atoms with Crippen molar-refractivity contribution >= 4 is 33.0 Å². The van der Waals surface area contributed by atoms with Crippen LogP contribution in [-0.2, 0) is 6.42 Å². The average molecular weight is 322 g/mol. The molecule has 0 radical (unpaired) electrons. The zero-order chi connectivity index (χ0) is 12.5. The van der Waals surface area contributed by atoms with Crippen LogP contribution in [-0.4, -0.2) is 6.04 Å². The van der Waals surface area contributed by atoms with Crippen molar-refractivity contribution in [3.8, 4) is 0 Å². The highest BCUT2D eigenvalue weighted by atomic mass is 79.9. The van der Waals surface area contributed by atoms with Gasteiger partial charge in [0.15, 0.2) is 0 Å². The van der Waals surface area contributed by atoms with Crippen LogP contribution in [0.5, 0.6) is 0 Å². The van der Waals surface area contributed by atoms with Gasteiger partial charge in [-0.05, 0) is 64.7 Å². The second kappa shape index (κ2) is 5.06. The zero-order valence-corrected chi connectivity index (χ0v) is 12.7. The first-order valence-corrected chi connectivity index (χ1v) is 7.98. The van der Waals surface area contributed by atoms with Gasteiger partial charge in [-0.25, -0.2) is 0 Å². The van der Waals surface area contributed by atoms with Crippen molar-refractivity contribution in [2.75, 3.05) is 5.32 Å². The number of hydrogen-bond donors (Lipinski definition) is 1. The number of nitrogens with one attached hydrogen (secondary N) is 1. The van der Waals surface area contributed by atoms with Gasteiger partial charge < -0.3 is 5.32 Å². The molecule has 2 aromatic rings. The third-order valence-electron chi connectivity index (χ3n) is 3.56. The Balaban J connectivity index is 1.91. The number of anilines is 1. The molecular weight excluding hydrogens is 306 g/mol. The van der Waals surface area contributed by atoms with Crippen LogP contribution in [0, 0.1) is 0 Å². The van der Waals surface area contributed by atoms with Crippen molar-refractivity contribution in [2.24, 2.45) is 0 Å². The monoisotopic (exact) mass is 321 g/mol. The van der Waals surface area contributed by atoms with Gasteiger partial charge in [0.25, 0.3) is 0 Å². The molecule has 3 heteroatoms. The highest BCUT2D eigenvalue weighted by molar-refractivity contribution is 9.10. The van der Waals surface area contributed by atoms with Crippen LogP contribution in [0.3, 0.4) is 0 Å². The maximum atomic E-state index is 3.64. The Morgan fingerprint density at radius 3 is 2.94 bits per heavy atom. The van der Waals surface area contributed by atoms with Crippen molar-refractivity contribution in [2.45, 2.75) is 31.7 Å². The van der Waals surface area contributed by atoms with E-state index in [1.54, 1.807) is 0 Å². The lowest BCUT2D eigenvalue weighted by molar-refractivity contribution is 0.553. The van der Waals surface area contributed by atoms with Gasteiger partial charge in [-0.2, -0.15) is 0 Å². The number of thiophene rings is 1. The van der Waals surface area contributed by atoms with Crippen LogP contribution in [0.4, 0.5) is 5.69 Å². The van der Waals surface area contributed by atoms with E-state index in [1.165, 1.54) is 27.0 Å². The summed E-state index contributed by atoms with van der Waals surface area (Å²) < 4.78 is 1.26. The van der Waals surface area contributed by atoms with Gasteiger partial charge in [-0.15, -0.1) is 11.3 Å². The molecule has 0 spiro atoms. The van der Waals surface area contributed by atoms with Crippen molar-refractivity contribution in [1.82, 2.24) is 0 Å². The molecule has 0 fully saturated rings. The quantitative estimate of drug-likeness (QED) is 0.817. The van der Waals surface area contributed by atoms with Crippen LogP contribution < -0.4 is 5.32 Å². The van der Waals surface area contributed by atoms with E-state index in [9.17, 15) is 0 Å². The molecule has 94 valence electrons. The third kappa shape index (κ3) is 2.34. The maximum Gasteiger partial charge on any atom is 0.0377 e. The van der Waals surface area contributed by atoms with E-state index >= 15 is 0 Å². The van der Waals surface area contributed by atoms with Crippen LogP contribution in [0.25, 0.3) is 0 Å². The summed E-state index contributed by atoms with van der Waals surface area (Å²) in [6.07, 6.45) is 2.35. The number of para-hydroxylation sites is 1. The lowest BCUT2D eigenvalue weighted by Gasteiger charge is -2.31. The summed E-state index contributed by atoms with van der Waals surface area (Å²) in [4.78, 5) is 1.46. The van der Waals surface area contributed by atoms with Crippen LogP contribution in [0.15, 0.2) is 40.2 Å². The average Bonchev–Trinajstić information content (AvgIpc) is 2.75. The standard InChI is InChI=1S/C15H16BrNS/c1-10-8-11(9-15-13(16)6-7-18-15)12-4-2-3-5-14(12)17-10/h2-7,10-11,17H,8-9H2,1H3. The highest BCUT2D eigenvalue weighted by Gasteiger charge is 2.24. The van der Waals surface area contributed by atoms with Gasteiger partial charge in [-0.1, -0.05) is 18.2 Å². The predicted octanol–water partition coefficient (Wildman–Crippen LogP) is 5.04. The molecule has 0 amide bonds. The first-order chi connectivity index (χ1) is 8.74. The van der Waals surface area contributed by atoms with E-state index in [4.69, 9.17) is 0 Å². The fourth-order valence-electron chi connectivity index (χ4n) is 2.75. The molecule has 1 aromatic carbocycles. The van der Waals surface area contributed by atoms with E-state index in [0.29, 0.717) is 12.0 Å². The maximum absolute atomic E-state index is 3.64. The van der Waals surface area contributed by atoms with Crippen LogP contribution in [0.2, 0.25) is 0 Å². The van der Waals surface area contributed by atoms with Crippen molar-refractivity contribution in [1.29, 1.82) is 0 Å². The van der Waals surface area contributed by atoms with Crippen molar-refractivity contribution in [3.05, 3.63) is 50.6 Å². The molecule has 0 aliphatic carbocycles. The number of rotatable bonds is 2. The fraction of sp³-hybridized carbons (Fsp3) is 0.333.